The highest BCUT2D eigenvalue weighted by Crippen LogP contribution is 2.14. The largest absolute Gasteiger partial charge is 0.378 e. The zero-order chi connectivity index (χ0) is 8.60. The topological polar surface area (TPSA) is 58.6 Å². The Balaban J connectivity index is 2.07. The summed E-state index contributed by atoms with van der Waals surface area (Å²) in [5.41, 5.74) is 2.79. The maximum absolute atomic E-state index is 11.0. The van der Waals surface area contributed by atoms with Gasteiger partial charge in [-0.1, -0.05) is 0 Å². The van der Waals surface area contributed by atoms with Crippen LogP contribution in [0.2, 0.25) is 0 Å². The highest BCUT2D eigenvalue weighted by atomic mass is 16.5. The van der Waals surface area contributed by atoms with Gasteiger partial charge in [-0.15, -0.1) is 0 Å². The Labute approximate surface area is 70.5 Å². The number of rotatable bonds is 0. The zero-order valence-electron chi connectivity index (χ0n) is 6.82. The first-order chi connectivity index (χ1) is 5.72. The molecule has 0 radical (unpaired) electrons. The van der Waals surface area contributed by atoms with E-state index in [1.165, 1.54) is 0 Å². The maximum atomic E-state index is 11.0. The Bertz CT molecular complexity index is 201. The van der Waals surface area contributed by atoms with Gasteiger partial charge in [0, 0.05) is 0 Å². The molecule has 0 aromatic heterocycles. The molecule has 0 aromatic rings. The summed E-state index contributed by atoms with van der Waals surface area (Å²) in [6, 6.07) is 0. The number of hydrogen-bond acceptors (Lipinski definition) is 3. The van der Waals surface area contributed by atoms with E-state index in [0.29, 0.717) is 24.4 Å². The van der Waals surface area contributed by atoms with E-state index in [4.69, 9.17) is 4.74 Å². The number of aliphatic hydroxyl groups excluding tert-OH is 1. The van der Waals surface area contributed by atoms with Crippen LogP contribution in [0.15, 0.2) is 0 Å². The standard InChI is InChI=1S/C7H12N2O3/c10-6-5-9(8-7(6)11)1-3-12-4-2-9/h6,10H,1-5H2/p+1/t6-/m0/s1. The van der Waals surface area contributed by atoms with Crippen molar-refractivity contribution in [3.8, 4) is 0 Å². The number of nitrogens with zero attached hydrogens (tertiary/aromatic N) is 1. The smallest absolute Gasteiger partial charge is 0.299 e. The SMILES string of the molecule is O=C1N[N+]2(CCOCC2)C[C@@H]1O. The van der Waals surface area contributed by atoms with Crippen LogP contribution in [0.3, 0.4) is 0 Å². The predicted molar refractivity (Wildman–Crippen MR) is 39.8 cm³/mol. The van der Waals surface area contributed by atoms with E-state index < -0.39 is 6.10 Å². The fourth-order valence-corrected chi connectivity index (χ4v) is 1.75. The number of ether oxygens (including phenoxy) is 1. The Morgan fingerprint density at radius 1 is 1.50 bits per heavy atom. The van der Waals surface area contributed by atoms with E-state index in [9.17, 15) is 9.90 Å². The molecule has 2 heterocycles. The normalized spacial score (nSPS) is 33.8. The van der Waals surface area contributed by atoms with Gasteiger partial charge in [0.15, 0.2) is 6.10 Å². The molecule has 1 amide bonds. The second-order valence-electron chi connectivity index (χ2n) is 3.38. The van der Waals surface area contributed by atoms with Crippen LogP contribution in [0.5, 0.6) is 0 Å². The maximum Gasteiger partial charge on any atom is 0.299 e. The van der Waals surface area contributed by atoms with Gasteiger partial charge >= 0.3 is 0 Å². The molecule has 0 unspecified atom stereocenters. The predicted octanol–water partition coefficient (Wildman–Crippen LogP) is -1.76. The van der Waals surface area contributed by atoms with Crippen molar-refractivity contribution in [2.45, 2.75) is 6.10 Å². The van der Waals surface area contributed by atoms with Crippen molar-refractivity contribution in [1.29, 1.82) is 0 Å². The van der Waals surface area contributed by atoms with Gasteiger partial charge in [0.25, 0.3) is 5.91 Å². The number of amides is 1. The molecule has 5 heteroatoms. The quantitative estimate of drug-likeness (QED) is 0.427. The lowest BCUT2D eigenvalue weighted by Crippen LogP contribution is -2.60. The molecule has 5 nitrogen and oxygen atoms in total. The molecule has 2 rings (SSSR count). The minimum absolute atomic E-state index is 0.253. The zero-order valence-corrected chi connectivity index (χ0v) is 6.82. The van der Waals surface area contributed by atoms with E-state index in [0.717, 1.165) is 13.1 Å². The van der Waals surface area contributed by atoms with Gasteiger partial charge in [-0.05, 0) is 0 Å². The Hall–Kier alpha value is -0.650. The number of quaternary nitrogens is 1. The Morgan fingerprint density at radius 3 is 2.67 bits per heavy atom. The van der Waals surface area contributed by atoms with Crippen molar-refractivity contribution < 1.29 is 19.2 Å². The molecule has 1 spiro atoms. The first-order valence-corrected chi connectivity index (χ1v) is 4.16. The molecule has 2 aliphatic heterocycles. The van der Waals surface area contributed by atoms with E-state index in [2.05, 4.69) is 5.43 Å². The van der Waals surface area contributed by atoms with Crippen molar-refractivity contribution in [2.24, 2.45) is 0 Å². The third-order valence-corrected chi connectivity index (χ3v) is 2.50. The summed E-state index contributed by atoms with van der Waals surface area (Å²) < 4.78 is 5.68. The van der Waals surface area contributed by atoms with Crippen LogP contribution in [0.1, 0.15) is 0 Å². The lowest BCUT2D eigenvalue weighted by atomic mass is 10.3. The number of nitrogens with one attached hydrogen (secondary N) is 1. The van der Waals surface area contributed by atoms with Gasteiger partial charge in [-0.25, -0.2) is 4.59 Å². The summed E-state index contributed by atoms with van der Waals surface area (Å²) >= 11 is 0. The van der Waals surface area contributed by atoms with Crippen LogP contribution in [0, 0.1) is 0 Å². The van der Waals surface area contributed by atoms with Crippen LogP contribution in [-0.2, 0) is 9.53 Å². The van der Waals surface area contributed by atoms with Gasteiger partial charge in [0.2, 0.25) is 0 Å². The molecule has 1 atom stereocenters. The van der Waals surface area contributed by atoms with Crippen LogP contribution >= 0.6 is 0 Å². The third kappa shape index (κ3) is 1.20. The van der Waals surface area contributed by atoms with Crippen LogP contribution in [0.25, 0.3) is 0 Å². The molecule has 68 valence electrons. The first kappa shape index (κ1) is 7.97. The van der Waals surface area contributed by atoms with Crippen molar-refractivity contribution in [3.05, 3.63) is 0 Å². The average Bonchev–Trinajstić information content (AvgIpc) is 2.29. The van der Waals surface area contributed by atoms with Crippen molar-refractivity contribution in [2.75, 3.05) is 32.8 Å². The summed E-state index contributed by atoms with van der Waals surface area (Å²) in [5.74, 6) is -0.253. The number of carbonyl (C=O) groups is 1. The third-order valence-electron chi connectivity index (χ3n) is 2.50. The van der Waals surface area contributed by atoms with Crippen molar-refractivity contribution >= 4 is 5.91 Å². The van der Waals surface area contributed by atoms with E-state index in [1.807, 2.05) is 0 Å². The van der Waals surface area contributed by atoms with Crippen molar-refractivity contribution in [1.82, 2.24) is 5.43 Å². The van der Waals surface area contributed by atoms with Gasteiger partial charge < -0.3 is 9.84 Å². The summed E-state index contributed by atoms with van der Waals surface area (Å²) in [7, 11) is 0. The second-order valence-corrected chi connectivity index (χ2v) is 3.38. The number of aliphatic hydroxyl groups is 1. The number of morpholine rings is 1. The molecule has 2 aliphatic rings. The van der Waals surface area contributed by atoms with Gasteiger partial charge in [-0.2, -0.15) is 5.43 Å². The van der Waals surface area contributed by atoms with E-state index in [1.54, 1.807) is 0 Å². The van der Waals surface area contributed by atoms with Crippen LogP contribution in [-0.4, -0.2) is 54.6 Å². The lowest BCUT2D eigenvalue weighted by Gasteiger charge is -2.34. The second kappa shape index (κ2) is 2.69. The van der Waals surface area contributed by atoms with Gasteiger partial charge in [0.05, 0.1) is 13.2 Å². The van der Waals surface area contributed by atoms with Crippen molar-refractivity contribution in [3.63, 3.8) is 0 Å². The molecular weight excluding hydrogens is 160 g/mol. The molecule has 0 saturated carbocycles. The van der Waals surface area contributed by atoms with Crippen LogP contribution in [0.4, 0.5) is 0 Å². The first-order valence-electron chi connectivity index (χ1n) is 4.16. The number of hydrogen-bond donors (Lipinski definition) is 2. The summed E-state index contributed by atoms with van der Waals surface area (Å²) in [6.45, 7) is 3.34. The Morgan fingerprint density at radius 2 is 2.17 bits per heavy atom. The summed E-state index contributed by atoms with van der Waals surface area (Å²) in [4.78, 5) is 11.0. The summed E-state index contributed by atoms with van der Waals surface area (Å²) in [6.07, 6.45) is -0.830. The summed E-state index contributed by atoms with van der Waals surface area (Å²) in [5, 5.41) is 9.25. The molecule has 2 N–H and O–H groups in total. The molecule has 2 fully saturated rings. The minimum Gasteiger partial charge on any atom is -0.378 e. The lowest BCUT2D eigenvalue weighted by molar-refractivity contribution is -0.960. The molecule has 12 heavy (non-hydrogen) atoms. The molecular formula is C7H13N2O3+. The molecule has 0 bridgehead atoms. The fraction of sp³-hybridized carbons (Fsp3) is 0.857. The number of carbonyl (C=O) groups excluding carboxylic acids is 1. The molecule has 0 aromatic carbocycles. The monoisotopic (exact) mass is 173 g/mol. The van der Waals surface area contributed by atoms with E-state index in [-0.39, 0.29) is 5.91 Å². The Kier molecular flexibility index (Phi) is 1.79. The minimum atomic E-state index is -0.830. The fourth-order valence-electron chi connectivity index (χ4n) is 1.75. The molecule has 0 aliphatic carbocycles. The highest BCUT2D eigenvalue weighted by molar-refractivity contribution is 5.80. The van der Waals surface area contributed by atoms with Gasteiger partial charge in [0.1, 0.15) is 19.6 Å². The van der Waals surface area contributed by atoms with Crippen LogP contribution < -0.4 is 5.43 Å². The average molecular weight is 173 g/mol. The highest BCUT2D eigenvalue weighted by Gasteiger charge is 2.44. The van der Waals surface area contributed by atoms with E-state index >= 15 is 0 Å². The van der Waals surface area contributed by atoms with Gasteiger partial charge in [-0.3, -0.25) is 4.79 Å². The molecule has 2 saturated heterocycles.